The Bertz CT molecular complexity index is 174. The Kier molecular flexibility index (Phi) is 1.22. The summed E-state index contributed by atoms with van der Waals surface area (Å²) in [5.41, 5.74) is 0. The molecule has 7 heavy (non-hydrogen) atoms. The van der Waals surface area contributed by atoms with Crippen LogP contribution < -0.4 is 5.36 Å². The zero-order chi connectivity index (χ0) is 5.11. The number of hydrogen-bond donors (Lipinski definition) is 1. The fourth-order valence-corrected chi connectivity index (χ4v) is 0.867. The van der Waals surface area contributed by atoms with Crippen molar-refractivity contribution >= 4 is 11.3 Å². The molecule has 0 fully saturated rings. The van der Waals surface area contributed by atoms with Gasteiger partial charge in [-0.1, -0.05) is 0 Å². The van der Waals surface area contributed by atoms with Crippen LogP contribution >= 0.6 is 11.3 Å². The van der Waals surface area contributed by atoms with Crippen LogP contribution in [0.4, 0.5) is 0 Å². The second-order valence-corrected chi connectivity index (χ2v) is 2.01. The molecule has 0 bridgehead atoms. The summed E-state index contributed by atoms with van der Waals surface area (Å²) in [6.45, 7) is 0. The van der Waals surface area contributed by atoms with Crippen molar-refractivity contribution < 1.29 is 0 Å². The molecular weight excluding hydrogens is 106 g/mol. The summed E-state index contributed by atoms with van der Waals surface area (Å²) < 4.78 is 0. The summed E-state index contributed by atoms with van der Waals surface area (Å²) in [6.07, 6.45) is 0. The van der Waals surface area contributed by atoms with Crippen LogP contribution in [0.15, 0.2) is 22.9 Å². The SMILES string of the molecule is N=c1ccscc1. The molecule has 0 saturated carbocycles. The summed E-state index contributed by atoms with van der Waals surface area (Å²) in [4.78, 5) is 0. The minimum Gasteiger partial charge on any atom is -0.301 e. The van der Waals surface area contributed by atoms with E-state index in [0.29, 0.717) is 5.36 Å². The monoisotopic (exact) mass is 111 g/mol. The summed E-state index contributed by atoms with van der Waals surface area (Å²) in [5, 5.41) is 11.4. The van der Waals surface area contributed by atoms with E-state index < -0.39 is 0 Å². The minimum atomic E-state index is 0.582. The first kappa shape index (κ1) is 4.53. The van der Waals surface area contributed by atoms with Crippen LogP contribution in [0.2, 0.25) is 0 Å². The Balaban J connectivity index is 3.28. The molecule has 0 radical (unpaired) electrons. The van der Waals surface area contributed by atoms with Crippen molar-refractivity contribution in [1.29, 1.82) is 5.41 Å². The molecule has 0 atom stereocenters. The lowest BCUT2D eigenvalue weighted by atomic mass is 10.5. The summed E-state index contributed by atoms with van der Waals surface area (Å²) >= 11 is 1.60. The van der Waals surface area contributed by atoms with Crippen LogP contribution in [0.5, 0.6) is 0 Å². The second-order valence-electron chi connectivity index (χ2n) is 1.20. The Morgan fingerprint density at radius 1 is 1.29 bits per heavy atom. The van der Waals surface area contributed by atoms with Crippen molar-refractivity contribution in [3.05, 3.63) is 28.3 Å². The molecule has 0 aliphatic rings. The van der Waals surface area contributed by atoms with Crippen molar-refractivity contribution in [2.24, 2.45) is 0 Å². The van der Waals surface area contributed by atoms with Crippen molar-refractivity contribution in [2.75, 3.05) is 0 Å². The smallest absolute Gasteiger partial charge is 0.0555 e. The molecule has 2 heteroatoms. The third-order valence-corrected chi connectivity index (χ3v) is 1.24. The molecule has 1 N–H and O–H groups in total. The van der Waals surface area contributed by atoms with Crippen LogP contribution in [0.1, 0.15) is 0 Å². The Morgan fingerprint density at radius 3 is 2.14 bits per heavy atom. The fraction of sp³-hybridized carbons (Fsp3) is 0. The third kappa shape index (κ3) is 1.12. The van der Waals surface area contributed by atoms with Gasteiger partial charge in [-0.05, 0) is 22.9 Å². The number of rotatable bonds is 0. The highest BCUT2D eigenvalue weighted by Gasteiger charge is 1.67. The molecule has 0 spiro atoms. The van der Waals surface area contributed by atoms with Gasteiger partial charge in [0.05, 0.1) is 5.36 Å². The van der Waals surface area contributed by atoms with Gasteiger partial charge in [-0.2, -0.15) is 11.3 Å². The first-order chi connectivity index (χ1) is 3.39. The molecule has 0 amide bonds. The summed E-state index contributed by atoms with van der Waals surface area (Å²) in [6, 6.07) is 3.54. The van der Waals surface area contributed by atoms with Crippen LogP contribution in [0.25, 0.3) is 0 Å². The average Bonchev–Trinajstić information content (AvgIpc) is 1.69. The molecule has 0 aliphatic heterocycles. The van der Waals surface area contributed by atoms with Crippen LogP contribution in [0.3, 0.4) is 0 Å². The Hall–Kier alpha value is -0.630. The maximum Gasteiger partial charge on any atom is 0.0555 e. The molecule has 0 aromatic carbocycles. The molecular formula is C5H5NS. The quantitative estimate of drug-likeness (QED) is 0.520. The van der Waals surface area contributed by atoms with Gasteiger partial charge in [0.15, 0.2) is 0 Å². The van der Waals surface area contributed by atoms with Gasteiger partial charge in [0.25, 0.3) is 0 Å². The highest BCUT2D eigenvalue weighted by atomic mass is 32.1. The van der Waals surface area contributed by atoms with Gasteiger partial charge in [-0.15, -0.1) is 0 Å². The highest BCUT2D eigenvalue weighted by molar-refractivity contribution is 7.07. The van der Waals surface area contributed by atoms with Crippen molar-refractivity contribution in [3.63, 3.8) is 0 Å². The molecule has 1 rings (SSSR count). The van der Waals surface area contributed by atoms with E-state index in [0.717, 1.165) is 0 Å². The van der Waals surface area contributed by atoms with E-state index in [2.05, 4.69) is 0 Å². The van der Waals surface area contributed by atoms with Gasteiger partial charge in [-0.3, -0.25) is 0 Å². The molecule has 0 unspecified atom stereocenters. The minimum absolute atomic E-state index is 0.582. The zero-order valence-corrected chi connectivity index (χ0v) is 4.53. The lowest BCUT2D eigenvalue weighted by Gasteiger charge is -1.72. The number of nitrogens with one attached hydrogen (secondary N) is 1. The summed E-state index contributed by atoms with van der Waals surface area (Å²) in [7, 11) is 0. The Morgan fingerprint density at radius 2 is 1.86 bits per heavy atom. The van der Waals surface area contributed by atoms with Gasteiger partial charge in [-0.25, -0.2) is 0 Å². The van der Waals surface area contributed by atoms with E-state index >= 15 is 0 Å². The normalized spacial score (nSPS) is 8.57. The van der Waals surface area contributed by atoms with Gasteiger partial charge in [0.2, 0.25) is 0 Å². The van der Waals surface area contributed by atoms with Crippen molar-refractivity contribution in [2.45, 2.75) is 0 Å². The van der Waals surface area contributed by atoms with E-state index in [-0.39, 0.29) is 0 Å². The molecule has 1 aromatic heterocycles. The van der Waals surface area contributed by atoms with Gasteiger partial charge in [0.1, 0.15) is 0 Å². The second kappa shape index (κ2) is 1.89. The maximum atomic E-state index is 7.00. The summed E-state index contributed by atoms with van der Waals surface area (Å²) in [5.74, 6) is 0. The van der Waals surface area contributed by atoms with E-state index in [4.69, 9.17) is 5.41 Å². The van der Waals surface area contributed by atoms with E-state index in [1.54, 1.807) is 23.5 Å². The molecule has 1 nitrogen and oxygen atoms in total. The molecule has 1 heterocycles. The lowest BCUT2D eigenvalue weighted by Crippen LogP contribution is -1.89. The number of hydrogen-bond acceptors (Lipinski definition) is 2. The van der Waals surface area contributed by atoms with E-state index in [9.17, 15) is 0 Å². The van der Waals surface area contributed by atoms with Crippen molar-refractivity contribution in [3.8, 4) is 0 Å². The molecule has 36 valence electrons. The fourth-order valence-electron chi connectivity index (χ4n) is 0.326. The topological polar surface area (TPSA) is 23.9 Å². The van der Waals surface area contributed by atoms with Crippen LogP contribution in [-0.2, 0) is 0 Å². The predicted molar refractivity (Wildman–Crippen MR) is 30.2 cm³/mol. The molecule has 1 aromatic rings. The lowest BCUT2D eigenvalue weighted by molar-refractivity contribution is 1.29. The van der Waals surface area contributed by atoms with Gasteiger partial charge >= 0.3 is 0 Å². The maximum absolute atomic E-state index is 7.00. The van der Waals surface area contributed by atoms with Crippen molar-refractivity contribution in [1.82, 2.24) is 0 Å². The first-order valence-corrected chi connectivity index (χ1v) is 2.91. The predicted octanol–water partition coefficient (Wildman–Crippen LogP) is 1.23. The molecule has 0 aliphatic carbocycles. The third-order valence-electron chi connectivity index (χ3n) is 0.652. The standard InChI is InChI=1S/C5H5NS/c6-5-1-3-7-4-2-5/h1-4,6H. The molecule has 0 saturated heterocycles. The van der Waals surface area contributed by atoms with Crippen LogP contribution in [0, 0.1) is 5.41 Å². The first-order valence-electron chi connectivity index (χ1n) is 1.97. The largest absolute Gasteiger partial charge is 0.301 e. The van der Waals surface area contributed by atoms with Gasteiger partial charge < -0.3 is 5.41 Å². The van der Waals surface area contributed by atoms with E-state index in [1.165, 1.54) is 0 Å². The zero-order valence-electron chi connectivity index (χ0n) is 3.72. The Labute approximate surface area is 45.8 Å². The highest BCUT2D eigenvalue weighted by Crippen LogP contribution is 1.85. The average molecular weight is 111 g/mol. The van der Waals surface area contributed by atoms with E-state index in [1.807, 2.05) is 10.8 Å². The van der Waals surface area contributed by atoms with Crippen LogP contribution in [-0.4, -0.2) is 0 Å². The van der Waals surface area contributed by atoms with Gasteiger partial charge in [0, 0.05) is 0 Å².